The maximum atomic E-state index is 10.6. The molecule has 2 aromatic rings. The summed E-state index contributed by atoms with van der Waals surface area (Å²) in [6.45, 7) is 0. The SMILES string of the molecule is NC(Cc1nc2ccccc2s1)C(=O)O. The fraction of sp³-hybridized carbons (Fsp3) is 0.200. The molecule has 4 nitrogen and oxygen atoms in total. The lowest BCUT2D eigenvalue weighted by Crippen LogP contribution is -2.32. The first-order chi connectivity index (χ1) is 7.16. The van der Waals surface area contributed by atoms with Gasteiger partial charge in [-0.2, -0.15) is 0 Å². The van der Waals surface area contributed by atoms with E-state index in [1.165, 1.54) is 11.3 Å². The van der Waals surface area contributed by atoms with Crippen LogP contribution in [-0.4, -0.2) is 22.1 Å². The zero-order valence-electron chi connectivity index (χ0n) is 7.88. The molecule has 0 saturated carbocycles. The standard InChI is InChI=1S/C10H10N2O2S/c11-6(10(13)14)5-9-12-7-3-1-2-4-8(7)15-9/h1-4,6H,5,11H2,(H,13,14). The highest BCUT2D eigenvalue weighted by Crippen LogP contribution is 2.22. The molecular formula is C10H10N2O2S. The van der Waals surface area contributed by atoms with Crippen molar-refractivity contribution in [3.05, 3.63) is 29.3 Å². The molecule has 5 heteroatoms. The number of carbonyl (C=O) groups is 1. The summed E-state index contributed by atoms with van der Waals surface area (Å²) in [5.41, 5.74) is 6.34. The summed E-state index contributed by atoms with van der Waals surface area (Å²) in [6.07, 6.45) is 0.286. The lowest BCUT2D eigenvalue weighted by atomic mass is 10.2. The molecular weight excluding hydrogens is 212 g/mol. The lowest BCUT2D eigenvalue weighted by molar-refractivity contribution is -0.138. The minimum Gasteiger partial charge on any atom is -0.480 e. The van der Waals surface area contributed by atoms with Gasteiger partial charge >= 0.3 is 5.97 Å². The summed E-state index contributed by atoms with van der Waals surface area (Å²) in [5, 5.41) is 9.44. The van der Waals surface area contributed by atoms with Crippen LogP contribution in [-0.2, 0) is 11.2 Å². The minimum atomic E-state index is -0.991. The predicted molar refractivity (Wildman–Crippen MR) is 58.9 cm³/mol. The van der Waals surface area contributed by atoms with Crippen molar-refractivity contribution in [1.82, 2.24) is 4.98 Å². The van der Waals surface area contributed by atoms with E-state index in [0.717, 1.165) is 15.2 Å². The number of carboxylic acid groups (broad SMARTS) is 1. The Morgan fingerprint density at radius 2 is 2.27 bits per heavy atom. The average Bonchev–Trinajstić information content (AvgIpc) is 2.59. The first-order valence-electron chi connectivity index (χ1n) is 4.49. The van der Waals surface area contributed by atoms with Crippen LogP contribution in [0.1, 0.15) is 5.01 Å². The minimum absolute atomic E-state index is 0.286. The number of rotatable bonds is 3. The van der Waals surface area contributed by atoms with Crippen molar-refractivity contribution >= 4 is 27.5 Å². The molecule has 0 aliphatic rings. The molecule has 1 atom stereocenters. The van der Waals surface area contributed by atoms with Gasteiger partial charge in [0.1, 0.15) is 6.04 Å². The first kappa shape index (κ1) is 10.1. The van der Waals surface area contributed by atoms with E-state index in [0.29, 0.717) is 0 Å². The number of nitrogens with zero attached hydrogens (tertiary/aromatic N) is 1. The Kier molecular flexibility index (Phi) is 2.66. The Balaban J connectivity index is 2.26. The lowest BCUT2D eigenvalue weighted by Gasteiger charge is -2.01. The molecule has 0 radical (unpaired) electrons. The van der Waals surface area contributed by atoms with Crippen LogP contribution in [0.4, 0.5) is 0 Å². The zero-order valence-corrected chi connectivity index (χ0v) is 8.70. The maximum absolute atomic E-state index is 10.6. The second-order valence-corrected chi connectivity index (χ2v) is 4.34. The third kappa shape index (κ3) is 2.14. The van der Waals surface area contributed by atoms with E-state index in [1.54, 1.807) is 0 Å². The van der Waals surface area contributed by atoms with Gasteiger partial charge in [-0.3, -0.25) is 4.79 Å². The molecule has 2 rings (SSSR count). The number of benzene rings is 1. The van der Waals surface area contributed by atoms with Crippen molar-refractivity contribution < 1.29 is 9.90 Å². The molecule has 78 valence electrons. The highest BCUT2D eigenvalue weighted by molar-refractivity contribution is 7.18. The highest BCUT2D eigenvalue weighted by atomic mass is 32.1. The van der Waals surface area contributed by atoms with Gasteiger partial charge in [0.25, 0.3) is 0 Å². The molecule has 1 unspecified atom stereocenters. The molecule has 0 fully saturated rings. The Morgan fingerprint density at radius 1 is 1.53 bits per heavy atom. The maximum Gasteiger partial charge on any atom is 0.320 e. The van der Waals surface area contributed by atoms with Crippen molar-refractivity contribution in [2.24, 2.45) is 5.73 Å². The van der Waals surface area contributed by atoms with Crippen molar-refractivity contribution in [3.63, 3.8) is 0 Å². The summed E-state index contributed by atoms with van der Waals surface area (Å²) in [7, 11) is 0. The van der Waals surface area contributed by atoms with Crippen molar-refractivity contribution in [2.75, 3.05) is 0 Å². The molecule has 0 amide bonds. The Morgan fingerprint density at radius 3 is 2.93 bits per heavy atom. The topological polar surface area (TPSA) is 76.2 Å². The molecule has 0 aliphatic carbocycles. The molecule has 1 aromatic heterocycles. The molecule has 0 bridgehead atoms. The Labute approximate surface area is 90.4 Å². The van der Waals surface area contributed by atoms with Gasteiger partial charge in [0.05, 0.1) is 15.2 Å². The number of hydrogen-bond donors (Lipinski definition) is 2. The van der Waals surface area contributed by atoms with E-state index in [-0.39, 0.29) is 6.42 Å². The molecule has 1 heterocycles. The third-order valence-electron chi connectivity index (χ3n) is 2.05. The van der Waals surface area contributed by atoms with Crippen molar-refractivity contribution in [3.8, 4) is 0 Å². The fourth-order valence-corrected chi connectivity index (χ4v) is 2.31. The third-order valence-corrected chi connectivity index (χ3v) is 3.11. The van der Waals surface area contributed by atoms with Gasteiger partial charge < -0.3 is 10.8 Å². The number of aliphatic carboxylic acids is 1. The van der Waals surface area contributed by atoms with Gasteiger partial charge in [-0.05, 0) is 12.1 Å². The second-order valence-electron chi connectivity index (χ2n) is 3.22. The van der Waals surface area contributed by atoms with E-state index >= 15 is 0 Å². The summed E-state index contributed by atoms with van der Waals surface area (Å²) in [6, 6.07) is 6.83. The van der Waals surface area contributed by atoms with Gasteiger partial charge in [-0.15, -0.1) is 11.3 Å². The van der Waals surface area contributed by atoms with E-state index < -0.39 is 12.0 Å². The number of carboxylic acids is 1. The average molecular weight is 222 g/mol. The van der Waals surface area contributed by atoms with Crippen LogP contribution in [0.15, 0.2) is 24.3 Å². The van der Waals surface area contributed by atoms with Crippen LogP contribution < -0.4 is 5.73 Å². The van der Waals surface area contributed by atoms with Crippen LogP contribution in [0.5, 0.6) is 0 Å². The number of fused-ring (bicyclic) bond motifs is 1. The van der Waals surface area contributed by atoms with Gasteiger partial charge in [0.2, 0.25) is 0 Å². The van der Waals surface area contributed by atoms with Crippen LogP contribution in [0.2, 0.25) is 0 Å². The molecule has 0 saturated heterocycles. The van der Waals surface area contributed by atoms with Gasteiger partial charge in [0.15, 0.2) is 0 Å². The fourth-order valence-electron chi connectivity index (χ4n) is 1.28. The van der Waals surface area contributed by atoms with Crippen LogP contribution in [0, 0.1) is 0 Å². The van der Waals surface area contributed by atoms with Crippen molar-refractivity contribution in [2.45, 2.75) is 12.5 Å². The van der Waals surface area contributed by atoms with Gasteiger partial charge in [0, 0.05) is 6.42 Å². The van der Waals surface area contributed by atoms with Crippen LogP contribution in [0.25, 0.3) is 10.2 Å². The summed E-state index contributed by atoms with van der Waals surface area (Å²) in [5.74, 6) is -0.991. The van der Waals surface area contributed by atoms with Gasteiger partial charge in [-0.1, -0.05) is 12.1 Å². The number of para-hydroxylation sites is 1. The zero-order chi connectivity index (χ0) is 10.8. The summed E-state index contributed by atoms with van der Waals surface area (Å²) >= 11 is 1.49. The first-order valence-corrected chi connectivity index (χ1v) is 5.31. The monoisotopic (exact) mass is 222 g/mol. The number of hydrogen-bond acceptors (Lipinski definition) is 4. The number of aromatic nitrogens is 1. The molecule has 15 heavy (non-hydrogen) atoms. The number of thiazole rings is 1. The Hall–Kier alpha value is -1.46. The second kappa shape index (κ2) is 3.96. The highest BCUT2D eigenvalue weighted by Gasteiger charge is 2.14. The molecule has 0 aliphatic heterocycles. The number of nitrogens with two attached hydrogens (primary N) is 1. The smallest absolute Gasteiger partial charge is 0.320 e. The summed E-state index contributed by atoms with van der Waals surface area (Å²) < 4.78 is 1.06. The molecule has 0 spiro atoms. The van der Waals surface area contributed by atoms with Crippen LogP contribution in [0.3, 0.4) is 0 Å². The van der Waals surface area contributed by atoms with E-state index in [1.807, 2.05) is 24.3 Å². The normalized spacial score (nSPS) is 12.9. The summed E-state index contributed by atoms with van der Waals surface area (Å²) in [4.78, 5) is 14.9. The van der Waals surface area contributed by atoms with Crippen LogP contribution >= 0.6 is 11.3 Å². The van der Waals surface area contributed by atoms with Gasteiger partial charge in [-0.25, -0.2) is 4.98 Å². The largest absolute Gasteiger partial charge is 0.480 e. The van der Waals surface area contributed by atoms with E-state index in [4.69, 9.17) is 10.8 Å². The van der Waals surface area contributed by atoms with Crippen molar-refractivity contribution in [1.29, 1.82) is 0 Å². The molecule has 1 aromatic carbocycles. The predicted octanol–water partition coefficient (Wildman–Crippen LogP) is 1.25. The Bertz CT molecular complexity index is 462. The molecule has 3 N–H and O–H groups in total. The quantitative estimate of drug-likeness (QED) is 0.819. The van der Waals surface area contributed by atoms with E-state index in [2.05, 4.69) is 4.98 Å². The van der Waals surface area contributed by atoms with E-state index in [9.17, 15) is 4.79 Å².